The topological polar surface area (TPSA) is 60.2 Å². The van der Waals surface area contributed by atoms with Gasteiger partial charge in [0.25, 0.3) is 0 Å². The molecule has 0 radical (unpaired) electrons. The fourth-order valence-electron chi connectivity index (χ4n) is 0. The first-order chi connectivity index (χ1) is 3.25. The fraction of sp³-hybridized carbons (Fsp3) is 1.00. The van der Waals surface area contributed by atoms with Crippen LogP contribution in [0, 0.1) is 0 Å². The molecule has 0 aromatic carbocycles. The van der Waals surface area contributed by atoms with Gasteiger partial charge in [0.1, 0.15) is 0 Å². The summed E-state index contributed by atoms with van der Waals surface area (Å²) in [6.07, 6.45) is 0. The number of sulfonamides is 1. The van der Waals surface area contributed by atoms with Crippen LogP contribution in [0.1, 0.15) is 22.2 Å². The standard InChI is InChI=1S/C4H11NO2S.Na.H/c1-4(2,3)8(5,6)7;;/h1-3H3,(H2,5,6,7);;/q;+1;-1. The predicted octanol–water partition coefficient (Wildman–Crippen LogP) is -2.81. The van der Waals surface area contributed by atoms with Crippen LogP contribution in [0.3, 0.4) is 0 Å². The molecule has 0 saturated carbocycles. The molecule has 0 bridgehead atoms. The van der Waals surface area contributed by atoms with Crippen LogP contribution in [-0.2, 0) is 10.0 Å². The van der Waals surface area contributed by atoms with E-state index in [1.54, 1.807) is 20.8 Å². The van der Waals surface area contributed by atoms with Crippen LogP contribution < -0.4 is 34.7 Å². The van der Waals surface area contributed by atoms with Crippen molar-refractivity contribution < 1.29 is 39.4 Å². The smallest absolute Gasteiger partial charge is 1.00 e. The van der Waals surface area contributed by atoms with Gasteiger partial charge in [0, 0.05) is 0 Å². The van der Waals surface area contributed by atoms with E-state index in [0.717, 1.165) is 0 Å². The van der Waals surface area contributed by atoms with Crippen molar-refractivity contribution in [1.82, 2.24) is 0 Å². The number of rotatable bonds is 0. The molecule has 0 saturated heterocycles. The first-order valence-corrected chi connectivity index (χ1v) is 3.82. The number of primary sulfonamides is 1. The second kappa shape index (κ2) is 3.34. The molecule has 0 aromatic heterocycles. The molecule has 0 heterocycles. The molecule has 0 aliphatic carbocycles. The monoisotopic (exact) mass is 161 g/mol. The second-order valence-electron chi connectivity index (χ2n) is 2.66. The van der Waals surface area contributed by atoms with Gasteiger partial charge >= 0.3 is 29.6 Å². The second-order valence-corrected chi connectivity index (χ2v) is 4.97. The van der Waals surface area contributed by atoms with Crippen molar-refractivity contribution in [2.75, 3.05) is 0 Å². The minimum absolute atomic E-state index is 0. The minimum atomic E-state index is -3.34. The van der Waals surface area contributed by atoms with Gasteiger partial charge in [-0.2, -0.15) is 0 Å². The average molecular weight is 161 g/mol. The maximum atomic E-state index is 10.4. The maximum absolute atomic E-state index is 10.4. The van der Waals surface area contributed by atoms with Gasteiger partial charge in [0.05, 0.1) is 4.75 Å². The Morgan fingerprint density at radius 2 is 1.44 bits per heavy atom. The fourth-order valence-corrected chi connectivity index (χ4v) is 0. The van der Waals surface area contributed by atoms with Gasteiger partial charge in [-0.3, -0.25) is 0 Å². The van der Waals surface area contributed by atoms with E-state index in [-0.39, 0.29) is 31.0 Å². The van der Waals surface area contributed by atoms with Gasteiger partial charge in [-0.25, -0.2) is 13.6 Å². The number of nitrogens with two attached hydrogens (primary N) is 1. The summed E-state index contributed by atoms with van der Waals surface area (Å²) in [5.74, 6) is 0. The Bertz CT molecular complexity index is 172. The van der Waals surface area contributed by atoms with Crippen molar-refractivity contribution in [1.29, 1.82) is 0 Å². The van der Waals surface area contributed by atoms with Crippen LogP contribution in [0.5, 0.6) is 0 Å². The summed E-state index contributed by atoms with van der Waals surface area (Å²) in [4.78, 5) is 0. The zero-order valence-corrected chi connectivity index (χ0v) is 9.12. The zero-order chi connectivity index (χ0) is 7.00. The van der Waals surface area contributed by atoms with E-state index in [1.165, 1.54) is 0 Å². The van der Waals surface area contributed by atoms with Crippen LogP contribution in [-0.4, -0.2) is 13.2 Å². The Hall–Kier alpha value is 0.910. The molecule has 0 unspecified atom stereocenters. The third-order valence-corrected chi connectivity index (χ3v) is 2.56. The van der Waals surface area contributed by atoms with Crippen LogP contribution in [0.15, 0.2) is 0 Å². The number of hydrogen-bond donors (Lipinski definition) is 1. The summed E-state index contributed by atoms with van der Waals surface area (Å²) >= 11 is 0. The third-order valence-electron chi connectivity index (χ3n) is 0.854. The first-order valence-electron chi connectivity index (χ1n) is 2.27. The molecule has 0 amide bonds. The minimum Gasteiger partial charge on any atom is -1.00 e. The Kier molecular flexibility index (Phi) is 4.67. The normalized spacial score (nSPS) is 12.4. The summed E-state index contributed by atoms with van der Waals surface area (Å²) < 4.78 is 20.0. The molecular weight excluding hydrogens is 149 g/mol. The third kappa shape index (κ3) is 4.33. The van der Waals surface area contributed by atoms with Crippen molar-refractivity contribution in [3.05, 3.63) is 0 Å². The molecule has 0 spiro atoms. The summed E-state index contributed by atoms with van der Waals surface area (Å²) in [5, 5.41) is 4.78. The van der Waals surface area contributed by atoms with Crippen molar-refractivity contribution in [2.45, 2.75) is 25.5 Å². The molecule has 2 N–H and O–H groups in total. The van der Waals surface area contributed by atoms with Gasteiger partial charge in [0.15, 0.2) is 0 Å². The molecule has 0 atom stereocenters. The molecular formula is C4H12NNaO2S. The Balaban J connectivity index is -0.000000245. The molecule has 5 heteroatoms. The van der Waals surface area contributed by atoms with E-state index in [9.17, 15) is 8.42 Å². The Morgan fingerprint density at radius 1 is 1.33 bits per heavy atom. The molecule has 3 nitrogen and oxygen atoms in total. The molecule has 0 rings (SSSR count). The molecule has 0 fully saturated rings. The van der Waals surface area contributed by atoms with Crippen molar-refractivity contribution in [3.63, 3.8) is 0 Å². The predicted molar refractivity (Wildman–Crippen MR) is 34.0 cm³/mol. The molecule has 0 aliphatic heterocycles. The zero-order valence-electron chi connectivity index (χ0n) is 7.30. The summed E-state index contributed by atoms with van der Waals surface area (Å²) in [7, 11) is -3.34. The van der Waals surface area contributed by atoms with E-state index >= 15 is 0 Å². The van der Waals surface area contributed by atoms with Crippen molar-refractivity contribution in [2.24, 2.45) is 5.14 Å². The van der Waals surface area contributed by atoms with Crippen LogP contribution in [0.2, 0.25) is 0 Å². The van der Waals surface area contributed by atoms with E-state index in [4.69, 9.17) is 5.14 Å². The van der Waals surface area contributed by atoms with E-state index in [0.29, 0.717) is 0 Å². The Labute approximate surface area is 79.8 Å². The molecule has 52 valence electrons. The van der Waals surface area contributed by atoms with Gasteiger partial charge in [0.2, 0.25) is 10.0 Å². The summed E-state index contributed by atoms with van der Waals surface area (Å²) in [6, 6.07) is 0. The van der Waals surface area contributed by atoms with Gasteiger partial charge < -0.3 is 1.43 Å². The Morgan fingerprint density at radius 3 is 1.44 bits per heavy atom. The van der Waals surface area contributed by atoms with Crippen molar-refractivity contribution >= 4 is 10.0 Å². The number of hydrogen-bond acceptors (Lipinski definition) is 2. The molecule has 0 aliphatic rings. The maximum Gasteiger partial charge on any atom is 1.00 e. The first kappa shape index (κ1) is 12.6. The van der Waals surface area contributed by atoms with Crippen LogP contribution in [0.25, 0.3) is 0 Å². The average Bonchev–Trinajstić information content (AvgIpc) is 1.25. The molecule has 9 heavy (non-hydrogen) atoms. The van der Waals surface area contributed by atoms with Crippen LogP contribution >= 0.6 is 0 Å². The van der Waals surface area contributed by atoms with E-state index in [1.807, 2.05) is 0 Å². The quantitative estimate of drug-likeness (QED) is 0.390. The van der Waals surface area contributed by atoms with Gasteiger partial charge in [-0.05, 0) is 20.8 Å². The summed E-state index contributed by atoms with van der Waals surface area (Å²) in [5.41, 5.74) is 0. The SMILES string of the molecule is CC(C)(C)S(N)(=O)=O.[H-].[Na+]. The largest absolute Gasteiger partial charge is 1.00 e. The van der Waals surface area contributed by atoms with Gasteiger partial charge in [-0.1, -0.05) is 0 Å². The van der Waals surface area contributed by atoms with Crippen LogP contribution in [0.4, 0.5) is 0 Å². The van der Waals surface area contributed by atoms with Crippen molar-refractivity contribution in [3.8, 4) is 0 Å². The molecule has 0 aromatic rings. The summed E-state index contributed by atoms with van der Waals surface area (Å²) in [6.45, 7) is 4.67. The van der Waals surface area contributed by atoms with E-state index in [2.05, 4.69) is 0 Å². The van der Waals surface area contributed by atoms with Gasteiger partial charge in [-0.15, -0.1) is 0 Å². The van der Waals surface area contributed by atoms with E-state index < -0.39 is 14.8 Å².